The lowest BCUT2D eigenvalue weighted by molar-refractivity contribution is 0.0854. The first-order valence-electron chi connectivity index (χ1n) is 6.21. The molecule has 1 atom stereocenters. The second kappa shape index (κ2) is 7.90. The Morgan fingerprint density at radius 2 is 2.24 bits per heavy atom. The summed E-state index contributed by atoms with van der Waals surface area (Å²) in [7, 11) is 0. The minimum Gasteiger partial charge on any atom is -0.490 e. The molecule has 1 unspecified atom stereocenters. The average molecular weight is 238 g/mol. The molecule has 0 aliphatic heterocycles. The van der Waals surface area contributed by atoms with Gasteiger partial charge in [0.1, 0.15) is 0 Å². The largest absolute Gasteiger partial charge is 0.490 e. The molecular weight excluding hydrogens is 216 g/mol. The van der Waals surface area contributed by atoms with Gasteiger partial charge in [-0.05, 0) is 32.4 Å². The van der Waals surface area contributed by atoms with Crippen LogP contribution in [0.1, 0.15) is 27.2 Å². The number of anilines is 1. The maximum absolute atomic E-state index is 5.61. The van der Waals surface area contributed by atoms with Crippen LogP contribution in [0.3, 0.4) is 0 Å². The van der Waals surface area contributed by atoms with Crippen LogP contribution in [0.2, 0.25) is 0 Å². The quantitative estimate of drug-likeness (QED) is 0.756. The number of ether oxygens (including phenoxy) is 2. The van der Waals surface area contributed by atoms with E-state index in [1.807, 2.05) is 26.0 Å². The molecule has 0 bridgehead atoms. The number of aromatic nitrogens is 1. The van der Waals surface area contributed by atoms with E-state index >= 15 is 0 Å². The van der Waals surface area contributed by atoms with Crippen molar-refractivity contribution in [2.45, 2.75) is 33.3 Å². The van der Waals surface area contributed by atoms with Crippen molar-refractivity contribution in [3.8, 4) is 5.75 Å². The van der Waals surface area contributed by atoms with Crippen molar-refractivity contribution < 1.29 is 9.47 Å². The van der Waals surface area contributed by atoms with E-state index < -0.39 is 0 Å². The molecule has 1 aromatic heterocycles. The van der Waals surface area contributed by atoms with E-state index in [9.17, 15) is 0 Å². The number of pyridine rings is 1. The lowest BCUT2D eigenvalue weighted by Crippen LogP contribution is -2.20. The SMILES string of the molecule is CCCOc1cccnc1NCC(C)OCC. The van der Waals surface area contributed by atoms with E-state index in [1.54, 1.807) is 6.20 Å². The highest BCUT2D eigenvalue weighted by molar-refractivity contribution is 5.49. The lowest BCUT2D eigenvalue weighted by Gasteiger charge is -2.15. The smallest absolute Gasteiger partial charge is 0.168 e. The molecule has 0 aromatic carbocycles. The van der Waals surface area contributed by atoms with Crippen LogP contribution in [0.15, 0.2) is 18.3 Å². The Morgan fingerprint density at radius 3 is 2.94 bits per heavy atom. The van der Waals surface area contributed by atoms with E-state index in [-0.39, 0.29) is 6.10 Å². The zero-order chi connectivity index (χ0) is 12.5. The molecule has 1 rings (SSSR count). The maximum Gasteiger partial charge on any atom is 0.168 e. The van der Waals surface area contributed by atoms with Gasteiger partial charge in [-0.15, -0.1) is 0 Å². The Balaban J connectivity index is 2.51. The van der Waals surface area contributed by atoms with Gasteiger partial charge < -0.3 is 14.8 Å². The van der Waals surface area contributed by atoms with Gasteiger partial charge in [0.15, 0.2) is 11.6 Å². The molecule has 1 heterocycles. The van der Waals surface area contributed by atoms with Gasteiger partial charge in [0.2, 0.25) is 0 Å². The van der Waals surface area contributed by atoms with Crippen LogP contribution < -0.4 is 10.1 Å². The van der Waals surface area contributed by atoms with Crippen LogP contribution in [0.25, 0.3) is 0 Å². The summed E-state index contributed by atoms with van der Waals surface area (Å²) in [6.07, 6.45) is 2.91. The van der Waals surface area contributed by atoms with Gasteiger partial charge in [-0.25, -0.2) is 4.98 Å². The Bertz CT molecular complexity index is 318. The Kier molecular flexibility index (Phi) is 6.40. The molecule has 4 heteroatoms. The van der Waals surface area contributed by atoms with Crippen LogP contribution in [0, 0.1) is 0 Å². The van der Waals surface area contributed by atoms with E-state index in [0.717, 1.165) is 31.1 Å². The Hall–Kier alpha value is -1.29. The third-order valence-corrected chi connectivity index (χ3v) is 2.24. The molecule has 1 aromatic rings. The van der Waals surface area contributed by atoms with Crippen molar-refractivity contribution in [3.63, 3.8) is 0 Å². The fourth-order valence-corrected chi connectivity index (χ4v) is 1.44. The fraction of sp³-hybridized carbons (Fsp3) is 0.615. The third-order valence-electron chi connectivity index (χ3n) is 2.24. The summed E-state index contributed by atoms with van der Waals surface area (Å²) in [6, 6.07) is 3.80. The molecular formula is C13H22N2O2. The first-order valence-corrected chi connectivity index (χ1v) is 6.21. The third kappa shape index (κ3) is 5.04. The number of hydrogen-bond donors (Lipinski definition) is 1. The van der Waals surface area contributed by atoms with Gasteiger partial charge in [-0.3, -0.25) is 0 Å². The zero-order valence-electron chi connectivity index (χ0n) is 10.9. The van der Waals surface area contributed by atoms with Crippen LogP contribution in [0.4, 0.5) is 5.82 Å². The minimum atomic E-state index is 0.168. The van der Waals surface area contributed by atoms with Crippen LogP contribution >= 0.6 is 0 Å². The summed E-state index contributed by atoms with van der Waals surface area (Å²) in [5, 5.41) is 3.25. The fourth-order valence-electron chi connectivity index (χ4n) is 1.44. The molecule has 0 saturated carbocycles. The first-order chi connectivity index (χ1) is 8.27. The number of rotatable bonds is 8. The molecule has 0 spiro atoms. The molecule has 0 fully saturated rings. The molecule has 96 valence electrons. The highest BCUT2D eigenvalue weighted by atomic mass is 16.5. The molecule has 4 nitrogen and oxygen atoms in total. The molecule has 0 amide bonds. The predicted octanol–water partition coefficient (Wildman–Crippen LogP) is 2.71. The minimum absolute atomic E-state index is 0.168. The maximum atomic E-state index is 5.61. The van der Waals surface area contributed by atoms with Gasteiger partial charge in [-0.1, -0.05) is 6.92 Å². The summed E-state index contributed by atoms with van der Waals surface area (Å²) >= 11 is 0. The normalized spacial score (nSPS) is 12.2. The summed E-state index contributed by atoms with van der Waals surface area (Å²) in [6.45, 7) is 8.28. The van der Waals surface area contributed by atoms with E-state index in [4.69, 9.17) is 9.47 Å². The molecule has 0 radical (unpaired) electrons. The first kappa shape index (κ1) is 13.8. The van der Waals surface area contributed by atoms with Gasteiger partial charge in [-0.2, -0.15) is 0 Å². The van der Waals surface area contributed by atoms with E-state index in [1.165, 1.54) is 0 Å². The van der Waals surface area contributed by atoms with E-state index in [2.05, 4.69) is 17.2 Å². The van der Waals surface area contributed by atoms with Crippen molar-refractivity contribution in [2.75, 3.05) is 25.1 Å². The molecule has 0 aliphatic carbocycles. The predicted molar refractivity (Wildman–Crippen MR) is 69.6 cm³/mol. The molecule has 1 N–H and O–H groups in total. The summed E-state index contributed by atoms with van der Waals surface area (Å²) in [5.41, 5.74) is 0. The average Bonchev–Trinajstić information content (AvgIpc) is 2.35. The van der Waals surface area contributed by atoms with Gasteiger partial charge >= 0.3 is 0 Å². The highest BCUT2D eigenvalue weighted by Gasteiger charge is 2.06. The van der Waals surface area contributed by atoms with Crippen molar-refractivity contribution in [1.82, 2.24) is 4.98 Å². The lowest BCUT2D eigenvalue weighted by atomic mass is 10.3. The number of nitrogens with zero attached hydrogens (tertiary/aromatic N) is 1. The van der Waals surface area contributed by atoms with Crippen molar-refractivity contribution in [1.29, 1.82) is 0 Å². The van der Waals surface area contributed by atoms with Gasteiger partial charge in [0.25, 0.3) is 0 Å². The van der Waals surface area contributed by atoms with Crippen LogP contribution in [-0.2, 0) is 4.74 Å². The van der Waals surface area contributed by atoms with Crippen molar-refractivity contribution in [3.05, 3.63) is 18.3 Å². The number of nitrogens with one attached hydrogen (secondary N) is 1. The monoisotopic (exact) mass is 238 g/mol. The van der Waals surface area contributed by atoms with Crippen LogP contribution in [-0.4, -0.2) is 30.8 Å². The Morgan fingerprint density at radius 1 is 1.41 bits per heavy atom. The summed E-state index contributed by atoms with van der Waals surface area (Å²) in [4.78, 5) is 4.27. The molecule has 0 aliphatic rings. The standard InChI is InChI=1S/C13H22N2O2/c1-4-9-17-12-7-6-8-14-13(12)15-10-11(3)16-5-2/h6-8,11H,4-5,9-10H2,1-3H3,(H,14,15). The summed E-state index contributed by atoms with van der Waals surface area (Å²) in [5.74, 6) is 1.59. The summed E-state index contributed by atoms with van der Waals surface area (Å²) < 4.78 is 11.1. The topological polar surface area (TPSA) is 43.4 Å². The van der Waals surface area contributed by atoms with E-state index in [0.29, 0.717) is 6.61 Å². The second-order valence-corrected chi connectivity index (χ2v) is 3.85. The highest BCUT2D eigenvalue weighted by Crippen LogP contribution is 2.20. The second-order valence-electron chi connectivity index (χ2n) is 3.85. The molecule has 0 saturated heterocycles. The zero-order valence-corrected chi connectivity index (χ0v) is 10.9. The van der Waals surface area contributed by atoms with Crippen LogP contribution in [0.5, 0.6) is 5.75 Å². The van der Waals surface area contributed by atoms with Gasteiger partial charge in [0.05, 0.1) is 12.7 Å². The van der Waals surface area contributed by atoms with Crippen molar-refractivity contribution in [2.24, 2.45) is 0 Å². The number of hydrogen-bond acceptors (Lipinski definition) is 4. The Labute approximate surface area is 103 Å². The van der Waals surface area contributed by atoms with Gasteiger partial charge in [0, 0.05) is 19.3 Å². The van der Waals surface area contributed by atoms with Crippen molar-refractivity contribution >= 4 is 5.82 Å². The molecule has 17 heavy (non-hydrogen) atoms.